The Labute approximate surface area is 201 Å². The minimum Gasteiger partial charge on any atom is -0.453 e. The molecule has 0 heterocycles. The Morgan fingerprint density at radius 1 is 0.972 bits per heavy atom. The molecule has 4 amide bonds. The molecule has 0 saturated heterocycles. The van der Waals surface area contributed by atoms with E-state index in [1.54, 1.807) is 0 Å². The largest absolute Gasteiger partial charge is 0.453 e. The van der Waals surface area contributed by atoms with Crippen LogP contribution in [0.5, 0.6) is 5.75 Å². The third-order valence-electron chi connectivity index (χ3n) is 3.93. The van der Waals surface area contributed by atoms with Gasteiger partial charge in [0.25, 0.3) is 0 Å². The van der Waals surface area contributed by atoms with E-state index < -0.39 is 56.7 Å². The Hall–Kier alpha value is -4.54. The topological polar surface area (TPSA) is 188 Å². The van der Waals surface area contributed by atoms with Gasteiger partial charge in [0.2, 0.25) is 5.96 Å². The summed E-state index contributed by atoms with van der Waals surface area (Å²) in [4.78, 5) is 37.6. The number of guanidine groups is 1. The highest BCUT2D eigenvalue weighted by atomic mass is 32.2. The van der Waals surface area contributed by atoms with Gasteiger partial charge < -0.3 is 24.7 Å². The quantitative estimate of drug-likeness (QED) is 0.256. The van der Waals surface area contributed by atoms with Gasteiger partial charge in [-0.3, -0.25) is 10.6 Å². The molecule has 36 heavy (non-hydrogen) atoms. The van der Waals surface area contributed by atoms with Crippen molar-refractivity contribution in [3.05, 3.63) is 48.0 Å². The lowest BCUT2D eigenvalue weighted by Gasteiger charge is -2.13. The van der Waals surface area contributed by atoms with Crippen LogP contribution in [0.2, 0.25) is 0 Å². The Morgan fingerprint density at radius 2 is 1.58 bits per heavy atom. The van der Waals surface area contributed by atoms with Crippen LogP contribution in [0.4, 0.5) is 38.9 Å². The summed E-state index contributed by atoms with van der Waals surface area (Å²) >= 11 is 0. The van der Waals surface area contributed by atoms with Crippen molar-refractivity contribution >= 4 is 45.7 Å². The molecule has 5 N–H and O–H groups in total. The summed E-state index contributed by atoms with van der Waals surface area (Å²) in [5, 5.41) is 6.26. The number of aliphatic imine (C=N–C) groups is 1. The molecule has 0 unspecified atom stereocenters. The highest BCUT2D eigenvalue weighted by Gasteiger charge is 2.32. The molecule has 17 heteroatoms. The molecular formula is C19H18F3N5O8S. The van der Waals surface area contributed by atoms with E-state index in [-0.39, 0.29) is 11.4 Å². The zero-order valence-electron chi connectivity index (χ0n) is 18.4. The van der Waals surface area contributed by atoms with Crippen molar-refractivity contribution < 1.29 is 49.6 Å². The molecule has 2 aromatic carbocycles. The summed E-state index contributed by atoms with van der Waals surface area (Å²) in [5.74, 6) is -1.05. The molecule has 2 aromatic rings. The molecule has 194 valence electrons. The van der Waals surface area contributed by atoms with Crippen molar-refractivity contribution in [3.8, 4) is 5.75 Å². The predicted octanol–water partition coefficient (Wildman–Crippen LogP) is 2.66. The van der Waals surface area contributed by atoms with E-state index in [4.69, 9.17) is 9.92 Å². The lowest BCUT2D eigenvalue weighted by molar-refractivity contribution is -0.137. The van der Waals surface area contributed by atoms with E-state index in [0.29, 0.717) is 12.1 Å². The van der Waals surface area contributed by atoms with Crippen LogP contribution in [0.3, 0.4) is 0 Å². The average molecular weight is 533 g/mol. The number of methoxy groups -OCH3 is 2. The molecule has 0 saturated carbocycles. The van der Waals surface area contributed by atoms with Crippen molar-refractivity contribution in [1.29, 1.82) is 0 Å². The number of ether oxygens (including phenoxy) is 2. The second-order valence-electron chi connectivity index (χ2n) is 6.42. The van der Waals surface area contributed by atoms with Gasteiger partial charge in [-0.25, -0.2) is 19.4 Å². The standard InChI is InChI=1S/C19H18F3N5O8S/c1-33-17(29)26-16(27-18(30)34-2)25-14-9-11(6-7-13(14)24-15(23)28)35-36(31,32)12-5-3-4-10(8-12)19(20,21)22/h3-9H,1-2H3,(H3,23,24,28)(H2,25,26,27,29,30). The van der Waals surface area contributed by atoms with Crippen LogP contribution in [-0.4, -0.2) is 46.8 Å². The molecule has 0 aromatic heterocycles. The molecule has 13 nitrogen and oxygen atoms in total. The van der Waals surface area contributed by atoms with Gasteiger partial charge in [-0.2, -0.15) is 21.6 Å². The maximum absolute atomic E-state index is 13.0. The number of benzene rings is 2. The fourth-order valence-corrected chi connectivity index (χ4v) is 3.37. The number of nitrogens with zero attached hydrogens (tertiary/aromatic N) is 1. The monoisotopic (exact) mass is 533 g/mol. The Kier molecular flexibility index (Phi) is 8.66. The third-order valence-corrected chi connectivity index (χ3v) is 5.17. The van der Waals surface area contributed by atoms with Crippen LogP contribution in [0.15, 0.2) is 52.4 Å². The summed E-state index contributed by atoms with van der Waals surface area (Å²) in [5.41, 5.74) is 3.43. The second kappa shape index (κ2) is 11.3. The first-order chi connectivity index (χ1) is 16.7. The van der Waals surface area contributed by atoms with Crippen LogP contribution in [0.25, 0.3) is 0 Å². The molecular weight excluding hydrogens is 515 g/mol. The first-order valence-electron chi connectivity index (χ1n) is 9.36. The number of nitrogens with one attached hydrogen (secondary N) is 3. The molecule has 2 rings (SSSR count). The zero-order valence-corrected chi connectivity index (χ0v) is 19.2. The number of hydrogen-bond donors (Lipinski definition) is 4. The number of primary amides is 1. The predicted molar refractivity (Wildman–Crippen MR) is 117 cm³/mol. The van der Waals surface area contributed by atoms with Gasteiger partial charge in [0.05, 0.1) is 31.2 Å². The van der Waals surface area contributed by atoms with Gasteiger partial charge in [0, 0.05) is 6.07 Å². The second-order valence-corrected chi connectivity index (χ2v) is 7.97. The fourth-order valence-electron chi connectivity index (χ4n) is 2.40. The maximum Gasteiger partial charge on any atom is 0.416 e. The number of hydrogen-bond acceptors (Lipinski definition) is 9. The summed E-state index contributed by atoms with van der Waals surface area (Å²) in [6, 6.07) is 4.85. The molecule has 0 aliphatic heterocycles. The minimum absolute atomic E-state index is 0.137. The number of halogens is 3. The Bertz CT molecular complexity index is 1280. The lowest BCUT2D eigenvalue weighted by atomic mass is 10.2. The summed E-state index contributed by atoms with van der Waals surface area (Å²) < 4.78 is 77.8. The summed E-state index contributed by atoms with van der Waals surface area (Å²) in [7, 11) is -2.74. The number of alkyl carbamates (subject to hydrolysis) is 2. The SMILES string of the molecule is COC(=O)NC(=Nc1cc(OS(=O)(=O)c2cccc(C(F)(F)F)c2)ccc1NC(N)=O)NC(=O)OC. The van der Waals surface area contributed by atoms with Crippen LogP contribution in [-0.2, 0) is 25.8 Å². The number of anilines is 1. The van der Waals surface area contributed by atoms with Crippen molar-refractivity contribution in [2.75, 3.05) is 19.5 Å². The number of alkyl halides is 3. The number of urea groups is 1. The Balaban J connectivity index is 2.52. The van der Waals surface area contributed by atoms with Gasteiger partial charge in [0.15, 0.2) is 0 Å². The molecule has 0 fully saturated rings. The number of carbonyl (C=O) groups is 3. The lowest BCUT2D eigenvalue weighted by Crippen LogP contribution is -2.43. The number of amides is 4. The van der Waals surface area contributed by atoms with Crippen molar-refractivity contribution in [1.82, 2.24) is 10.6 Å². The van der Waals surface area contributed by atoms with E-state index in [2.05, 4.69) is 19.8 Å². The maximum atomic E-state index is 13.0. The molecule has 0 bridgehead atoms. The van der Waals surface area contributed by atoms with Crippen LogP contribution < -0.4 is 25.9 Å². The van der Waals surface area contributed by atoms with Crippen molar-refractivity contribution in [2.45, 2.75) is 11.1 Å². The van der Waals surface area contributed by atoms with Crippen LogP contribution in [0, 0.1) is 0 Å². The van der Waals surface area contributed by atoms with Gasteiger partial charge in [-0.05, 0) is 30.3 Å². The molecule has 0 atom stereocenters. The molecule has 0 radical (unpaired) electrons. The smallest absolute Gasteiger partial charge is 0.416 e. The van der Waals surface area contributed by atoms with E-state index in [1.807, 2.05) is 10.6 Å². The Morgan fingerprint density at radius 3 is 2.11 bits per heavy atom. The summed E-state index contributed by atoms with van der Waals surface area (Å²) in [6.07, 6.45) is -6.95. The highest BCUT2D eigenvalue weighted by Crippen LogP contribution is 2.33. The van der Waals surface area contributed by atoms with E-state index in [0.717, 1.165) is 44.6 Å². The number of rotatable bonds is 5. The number of nitrogens with two attached hydrogens (primary N) is 1. The van der Waals surface area contributed by atoms with Crippen molar-refractivity contribution in [3.63, 3.8) is 0 Å². The highest BCUT2D eigenvalue weighted by molar-refractivity contribution is 7.87. The first kappa shape index (κ1) is 27.7. The molecule has 0 spiro atoms. The molecule has 0 aliphatic carbocycles. The van der Waals surface area contributed by atoms with Crippen molar-refractivity contribution in [2.24, 2.45) is 10.7 Å². The van der Waals surface area contributed by atoms with Crippen LogP contribution in [0.1, 0.15) is 5.56 Å². The van der Waals surface area contributed by atoms with E-state index >= 15 is 0 Å². The number of carbonyl (C=O) groups excluding carboxylic acids is 3. The minimum atomic E-state index is -4.80. The van der Waals surface area contributed by atoms with Gasteiger partial charge in [0.1, 0.15) is 10.6 Å². The average Bonchev–Trinajstić information content (AvgIpc) is 2.79. The normalized spacial score (nSPS) is 11.0. The molecule has 0 aliphatic rings. The zero-order chi connectivity index (χ0) is 27.1. The fraction of sp³-hybridized carbons (Fsp3) is 0.158. The van der Waals surface area contributed by atoms with E-state index in [1.165, 1.54) is 0 Å². The van der Waals surface area contributed by atoms with Gasteiger partial charge in [-0.15, -0.1) is 0 Å². The summed E-state index contributed by atoms with van der Waals surface area (Å²) in [6.45, 7) is 0. The third kappa shape index (κ3) is 7.76. The van der Waals surface area contributed by atoms with Gasteiger partial charge in [-0.1, -0.05) is 6.07 Å². The van der Waals surface area contributed by atoms with Crippen LogP contribution >= 0.6 is 0 Å². The van der Waals surface area contributed by atoms with Gasteiger partial charge >= 0.3 is 34.5 Å². The van der Waals surface area contributed by atoms with E-state index in [9.17, 15) is 36.0 Å². The first-order valence-corrected chi connectivity index (χ1v) is 10.8.